The van der Waals surface area contributed by atoms with E-state index < -0.39 is 0 Å². The molecule has 0 spiro atoms. The molecule has 0 radical (unpaired) electrons. The number of aryl methyl sites for hydroxylation is 2. The minimum atomic E-state index is 0.238. The van der Waals surface area contributed by atoms with Crippen molar-refractivity contribution >= 4 is 22.9 Å². The second-order valence-electron chi connectivity index (χ2n) is 4.85. The van der Waals surface area contributed by atoms with Crippen molar-refractivity contribution in [1.82, 2.24) is 5.32 Å². The normalized spacial score (nSPS) is 12.7. The minimum absolute atomic E-state index is 0.238. The second kappa shape index (κ2) is 6.08. The number of thiophene rings is 1. The Kier molecular flexibility index (Phi) is 4.67. The van der Waals surface area contributed by atoms with Crippen molar-refractivity contribution in [2.45, 2.75) is 33.7 Å². The van der Waals surface area contributed by atoms with Crippen LogP contribution in [0.15, 0.2) is 24.3 Å². The van der Waals surface area contributed by atoms with Crippen LogP contribution in [-0.4, -0.2) is 6.54 Å². The molecule has 1 unspecified atom stereocenters. The van der Waals surface area contributed by atoms with Gasteiger partial charge in [-0.1, -0.05) is 30.7 Å². The Balaban J connectivity index is 2.51. The van der Waals surface area contributed by atoms with E-state index in [9.17, 15) is 0 Å². The Morgan fingerprint density at radius 2 is 2.00 bits per heavy atom. The molecule has 1 aromatic heterocycles. The van der Waals surface area contributed by atoms with Crippen LogP contribution in [0, 0.1) is 20.8 Å². The fourth-order valence-electron chi connectivity index (χ4n) is 2.43. The Labute approximate surface area is 124 Å². The van der Waals surface area contributed by atoms with Gasteiger partial charge in [-0.25, -0.2) is 0 Å². The predicted molar refractivity (Wildman–Crippen MR) is 85.5 cm³/mol. The van der Waals surface area contributed by atoms with Crippen molar-refractivity contribution < 1.29 is 0 Å². The molecular formula is C16H20ClNS. The fraction of sp³-hybridized carbons (Fsp3) is 0.375. The summed E-state index contributed by atoms with van der Waals surface area (Å²) in [4.78, 5) is 2.75. The van der Waals surface area contributed by atoms with Crippen LogP contribution in [0.1, 0.15) is 39.4 Å². The summed E-state index contributed by atoms with van der Waals surface area (Å²) in [5, 5.41) is 4.43. The maximum absolute atomic E-state index is 6.27. The maximum Gasteiger partial charge on any atom is 0.0676 e. The van der Waals surface area contributed by atoms with Crippen LogP contribution in [0.25, 0.3) is 0 Å². The van der Waals surface area contributed by atoms with Crippen LogP contribution in [0.5, 0.6) is 0 Å². The summed E-state index contributed by atoms with van der Waals surface area (Å²) < 4.78 is 0. The van der Waals surface area contributed by atoms with E-state index in [1.165, 1.54) is 26.4 Å². The lowest BCUT2D eigenvalue weighted by molar-refractivity contribution is 0.634. The molecule has 1 heterocycles. The Bertz CT molecular complexity index is 574. The van der Waals surface area contributed by atoms with Gasteiger partial charge in [0.2, 0.25) is 0 Å². The first-order valence-corrected chi connectivity index (χ1v) is 7.79. The van der Waals surface area contributed by atoms with Crippen LogP contribution >= 0.6 is 22.9 Å². The lowest BCUT2D eigenvalue weighted by atomic mass is 9.98. The second-order valence-corrected chi connectivity index (χ2v) is 6.54. The summed E-state index contributed by atoms with van der Waals surface area (Å²) in [6.45, 7) is 9.52. The molecule has 2 rings (SSSR count). The number of nitrogens with one attached hydrogen (secondary N) is 1. The van der Waals surface area contributed by atoms with Gasteiger partial charge in [0.25, 0.3) is 0 Å². The quantitative estimate of drug-likeness (QED) is 0.834. The lowest BCUT2D eigenvalue weighted by Gasteiger charge is -2.21. The Morgan fingerprint density at radius 1 is 1.26 bits per heavy atom. The first kappa shape index (κ1) is 14.6. The van der Waals surface area contributed by atoms with E-state index in [0.717, 1.165) is 11.6 Å². The van der Waals surface area contributed by atoms with Crippen molar-refractivity contribution in [1.29, 1.82) is 0 Å². The molecule has 1 aromatic carbocycles. The molecule has 102 valence electrons. The van der Waals surface area contributed by atoms with E-state index >= 15 is 0 Å². The summed E-state index contributed by atoms with van der Waals surface area (Å²) >= 11 is 8.13. The molecule has 19 heavy (non-hydrogen) atoms. The van der Waals surface area contributed by atoms with Crippen molar-refractivity contribution in [2.75, 3.05) is 6.54 Å². The van der Waals surface area contributed by atoms with Crippen molar-refractivity contribution in [3.05, 3.63) is 55.7 Å². The topological polar surface area (TPSA) is 12.0 Å². The van der Waals surface area contributed by atoms with E-state index in [4.69, 9.17) is 11.6 Å². The molecule has 1 atom stereocenters. The molecule has 0 aliphatic carbocycles. The highest BCUT2D eigenvalue weighted by molar-refractivity contribution is 7.12. The van der Waals surface area contributed by atoms with Crippen LogP contribution < -0.4 is 5.32 Å². The summed E-state index contributed by atoms with van der Waals surface area (Å²) in [5.41, 5.74) is 3.80. The largest absolute Gasteiger partial charge is 0.306 e. The molecule has 0 amide bonds. The molecule has 0 aliphatic rings. The average Bonchev–Trinajstić information content (AvgIpc) is 2.69. The van der Waals surface area contributed by atoms with E-state index in [1.807, 2.05) is 23.5 Å². The van der Waals surface area contributed by atoms with Gasteiger partial charge in [0.15, 0.2) is 0 Å². The summed E-state index contributed by atoms with van der Waals surface area (Å²) in [7, 11) is 0. The van der Waals surface area contributed by atoms with Gasteiger partial charge in [-0.2, -0.15) is 0 Å². The van der Waals surface area contributed by atoms with Crippen LogP contribution in [0.3, 0.4) is 0 Å². The van der Waals surface area contributed by atoms with E-state index in [2.05, 4.69) is 45.1 Å². The smallest absolute Gasteiger partial charge is 0.0676 e. The zero-order chi connectivity index (χ0) is 14.0. The number of hydrogen-bond acceptors (Lipinski definition) is 2. The summed E-state index contributed by atoms with van der Waals surface area (Å²) in [6.07, 6.45) is 0. The molecule has 3 heteroatoms. The molecule has 2 aromatic rings. The summed E-state index contributed by atoms with van der Waals surface area (Å²) in [6, 6.07) is 8.65. The van der Waals surface area contributed by atoms with Crippen molar-refractivity contribution in [2.24, 2.45) is 0 Å². The van der Waals surface area contributed by atoms with Gasteiger partial charge in [-0.05, 0) is 56.1 Å². The lowest BCUT2D eigenvalue weighted by Crippen LogP contribution is -2.22. The zero-order valence-electron chi connectivity index (χ0n) is 11.9. The van der Waals surface area contributed by atoms with Gasteiger partial charge in [0, 0.05) is 14.8 Å². The monoisotopic (exact) mass is 293 g/mol. The van der Waals surface area contributed by atoms with Gasteiger partial charge in [-0.3, -0.25) is 0 Å². The highest BCUT2D eigenvalue weighted by Gasteiger charge is 2.19. The predicted octanol–water partition coefficient (Wildman–Crippen LogP) is 5.03. The van der Waals surface area contributed by atoms with Crippen LogP contribution in [-0.2, 0) is 0 Å². The van der Waals surface area contributed by atoms with Crippen LogP contribution in [0.2, 0.25) is 5.02 Å². The van der Waals surface area contributed by atoms with Gasteiger partial charge in [0.05, 0.1) is 6.04 Å². The van der Waals surface area contributed by atoms with Crippen LogP contribution in [0.4, 0.5) is 0 Å². The van der Waals surface area contributed by atoms with E-state index in [1.54, 1.807) is 0 Å². The third-order valence-electron chi connectivity index (χ3n) is 3.37. The molecule has 1 N–H and O–H groups in total. The van der Waals surface area contributed by atoms with Gasteiger partial charge < -0.3 is 5.32 Å². The third kappa shape index (κ3) is 3.02. The van der Waals surface area contributed by atoms with Crippen molar-refractivity contribution in [3.8, 4) is 0 Å². The Hall–Kier alpha value is -0.830. The number of hydrogen-bond donors (Lipinski definition) is 1. The van der Waals surface area contributed by atoms with Gasteiger partial charge in [-0.15, -0.1) is 11.3 Å². The Morgan fingerprint density at radius 3 is 2.58 bits per heavy atom. The molecule has 0 fully saturated rings. The number of rotatable bonds is 4. The first-order chi connectivity index (χ1) is 9.04. The summed E-state index contributed by atoms with van der Waals surface area (Å²) in [5.74, 6) is 0. The first-order valence-electron chi connectivity index (χ1n) is 6.60. The fourth-order valence-corrected chi connectivity index (χ4v) is 3.74. The number of halogens is 1. The van der Waals surface area contributed by atoms with E-state index in [0.29, 0.717) is 0 Å². The molecule has 0 saturated heterocycles. The zero-order valence-corrected chi connectivity index (χ0v) is 13.5. The molecule has 0 aliphatic heterocycles. The third-order valence-corrected chi connectivity index (χ3v) is 5.00. The standard InChI is InChI=1S/C16H20ClNS/c1-5-18-15(16-10(2)9-11(3)19-16)13-7-6-8-14(17)12(13)4/h6-9,15,18H,5H2,1-4H3. The molecule has 0 saturated carbocycles. The van der Waals surface area contributed by atoms with E-state index in [-0.39, 0.29) is 6.04 Å². The van der Waals surface area contributed by atoms with Gasteiger partial charge in [0.1, 0.15) is 0 Å². The molecule has 0 bridgehead atoms. The highest BCUT2D eigenvalue weighted by atomic mass is 35.5. The molecular weight excluding hydrogens is 274 g/mol. The van der Waals surface area contributed by atoms with Gasteiger partial charge >= 0.3 is 0 Å². The maximum atomic E-state index is 6.27. The van der Waals surface area contributed by atoms with Crippen molar-refractivity contribution in [3.63, 3.8) is 0 Å². The SMILES string of the molecule is CCNC(c1cccc(Cl)c1C)c1sc(C)cc1C. The minimum Gasteiger partial charge on any atom is -0.306 e. The average molecular weight is 294 g/mol. The number of benzene rings is 1. The highest BCUT2D eigenvalue weighted by Crippen LogP contribution is 2.34. The molecule has 1 nitrogen and oxygen atoms in total.